The van der Waals surface area contributed by atoms with Crippen molar-refractivity contribution in [3.63, 3.8) is 0 Å². The van der Waals surface area contributed by atoms with Crippen molar-refractivity contribution in [2.24, 2.45) is 0 Å². The number of aryl methyl sites for hydroxylation is 1. The quantitative estimate of drug-likeness (QED) is 0.785. The minimum atomic E-state index is -0.175. The Hall–Kier alpha value is -2.62. The fourth-order valence-electron chi connectivity index (χ4n) is 3.39. The molecule has 0 heterocycles. The second kappa shape index (κ2) is 8.65. The number of hydrogen-bond donors (Lipinski definition) is 2. The summed E-state index contributed by atoms with van der Waals surface area (Å²) in [5, 5.41) is 6.01. The number of amides is 2. The van der Waals surface area contributed by atoms with E-state index in [1.54, 1.807) is 24.3 Å². The van der Waals surface area contributed by atoms with E-state index in [0.29, 0.717) is 11.1 Å². The van der Waals surface area contributed by atoms with Gasteiger partial charge in [-0.2, -0.15) is 0 Å². The van der Waals surface area contributed by atoms with Crippen LogP contribution in [-0.2, 0) is 0 Å². The molecule has 2 aromatic carbocycles. The van der Waals surface area contributed by atoms with Crippen molar-refractivity contribution < 1.29 is 9.59 Å². The van der Waals surface area contributed by atoms with Gasteiger partial charge in [0.2, 0.25) is 0 Å². The van der Waals surface area contributed by atoms with Gasteiger partial charge in [-0.1, -0.05) is 37.8 Å². The molecule has 26 heavy (non-hydrogen) atoms. The maximum absolute atomic E-state index is 12.4. The predicted octanol–water partition coefficient (Wildman–Crippen LogP) is 4.70. The second-order valence-electron chi connectivity index (χ2n) is 7.06. The monoisotopic (exact) mass is 350 g/mol. The van der Waals surface area contributed by atoms with Gasteiger partial charge in [-0.3, -0.25) is 9.59 Å². The van der Waals surface area contributed by atoms with Crippen molar-refractivity contribution in [2.45, 2.75) is 51.5 Å². The van der Waals surface area contributed by atoms with Crippen LogP contribution in [0, 0.1) is 6.92 Å². The van der Waals surface area contributed by atoms with E-state index < -0.39 is 0 Å². The Bertz CT molecular complexity index is 760. The van der Waals surface area contributed by atoms with Gasteiger partial charge in [0.1, 0.15) is 0 Å². The van der Waals surface area contributed by atoms with Gasteiger partial charge in [-0.05, 0) is 61.7 Å². The molecule has 0 saturated heterocycles. The highest BCUT2D eigenvalue weighted by atomic mass is 16.2. The van der Waals surface area contributed by atoms with Crippen molar-refractivity contribution >= 4 is 17.5 Å². The second-order valence-corrected chi connectivity index (χ2v) is 7.06. The first-order valence-electron chi connectivity index (χ1n) is 9.41. The van der Waals surface area contributed by atoms with E-state index in [-0.39, 0.29) is 17.9 Å². The summed E-state index contributed by atoms with van der Waals surface area (Å²) in [5.41, 5.74) is 3.00. The highest BCUT2D eigenvalue weighted by Gasteiger charge is 2.16. The van der Waals surface area contributed by atoms with E-state index >= 15 is 0 Å². The Morgan fingerprint density at radius 1 is 0.846 bits per heavy atom. The topological polar surface area (TPSA) is 58.2 Å². The molecular formula is C22H26N2O2. The Labute approximate surface area is 155 Å². The van der Waals surface area contributed by atoms with Gasteiger partial charge in [-0.25, -0.2) is 0 Å². The molecule has 2 amide bonds. The molecule has 4 nitrogen and oxygen atoms in total. The van der Waals surface area contributed by atoms with E-state index in [1.807, 2.05) is 31.2 Å². The van der Waals surface area contributed by atoms with Crippen LogP contribution in [-0.4, -0.2) is 17.9 Å². The summed E-state index contributed by atoms with van der Waals surface area (Å²) in [7, 11) is 0. The number of carbonyl (C=O) groups is 2. The Kier molecular flexibility index (Phi) is 6.05. The van der Waals surface area contributed by atoms with Crippen molar-refractivity contribution in [1.82, 2.24) is 5.32 Å². The van der Waals surface area contributed by atoms with Crippen LogP contribution in [0.2, 0.25) is 0 Å². The number of nitrogens with one attached hydrogen (secondary N) is 2. The van der Waals surface area contributed by atoms with E-state index in [4.69, 9.17) is 0 Å². The number of anilines is 1. The molecule has 2 N–H and O–H groups in total. The van der Waals surface area contributed by atoms with Gasteiger partial charge in [-0.15, -0.1) is 0 Å². The molecule has 0 aliphatic heterocycles. The van der Waals surface area contributed by atoms with Crippen LogP contribution in [0.3, 0.4) is 0 Å². The smallest absolute Gasteiger partial charge is 0.255 e. The summed E-state index contributed by atoms with van der Waals surface area (Å²) in [5.74, 6) is -0.228. The van der Waals surface area contributed by atoms with Gasteiger partial charge < -0.3 is 10.6 Å². The van der Waals surface area contributed by atoms with Crippen LogP contribution in [0.25, 0.3) is 0 Å². The van der Waals surface area contributed by atoms with Crippen LogP contribution in [0.1, 0.15) is 64.8 Å². The van der Waals surface area contributed by atoms with Crippen molar-refractivity contribution in [1.29, 1.82) is 0 Å². The molecule has 1 aliphatic carbocycles. The minimum absolute atomic E-state index is 0.0532. The van der Waals surface area contributed by atoms with Crippen molar-refractivity contribution in [2.75, 3.05) is 5.32 Å². The molecule has 3 rings (SSSR count). The predicted molar refractivity (Wildman–Crippen MR) is 105 cm³/mol. The Balaban J connectivity index is 1.60. The first kappa shape index (κ1) is 18.2. The Morgan fingerprint density at radius 3 is 2.08 bits per heavy atom. The average molecular weight is 350 g/mol. The van der Waals surface area contributed by atoms with Gasteiger partial charge in [0.05, 0.1) is 0 Å². The number of benzene rings is 2. The average Bonchev–Trinajstić information content (AvgIpc) is 2.90. The maximum Gasteiger partial charge on any atom is 0.255 e. The SMILES string of the molecule is Cc1cccc(NC(=O)c2ccc(C(=O)NC3CCCCCC3)cc2)c1. The summed E-state index contributed by atoms with van der Waals surface area (Å²) in [4.78, 5) is 24.8. The maximum atomic E-state index is 12.4. The van der Waals surface area contributed by atoms with Gasteiger partial charge >= 0.3 is 0 Å². The van der Waals surface area contributed by atoms with Crippen LogP contribution in [0.4, 0.5) is 5.69 Å². The summed E-state index contributed by atoms with van der Waals surface area (Å²) >= 11 is 0. The van der Waals surface area contributed by atoms with Crippen LogP contribution in [0.15, 0.2) is 48.5 Å². The highest BCUT2D eigenvalue weighted by molar-refractivity contribution is 6.05. The van der Waals surface area contributed by atoms with Gasteiger partial charge in [0, 0.05) is 22.9 Å². The number of carbonyl (C=O) groups excluding carboxylic acids is 2. The summed E-state index contributed by atoms with van der Waals surface area (Å²) in [6.07, 6.45) is 7.01. The molecule has 136 valence electrons. The first-order valence-corrected chi connectivity index (χ1v) is 9.41. The molecule has 4 heteroatoms. The lowest BCUT2D eigenvalue weighted by Gasteiger charge is -2.16. The summed E-state index contributed by atoms with van der Waals surface area (Å²) < 4.78 is 0. The normalized spacial score (nSPS) is 15.1. The molecule has 0 unspecified atom stereocenters. The molecule has 2 aromatic rings. The van der Waals surface area contributed by atoms with Gasteiger partial charge in [0.25, 0.3) is 11.8 Å². The van der Waals surface area contributed by atoms with E-state index in [1.165, 1.54) is 25.7 Å². The molecule has 1 fully saturated rings. The molecule has 0 radical (unpaired) electrons. The van der Waals surface area contributed by atoms with Crippen LogP contribution < -0.4 is 10.6 Å². The van der Waals surface area contributed by atoms with E-state index in [2.05, 4.69) is 10.6 Å². The fraction of sp³-hybridized carbons (Fsp3) is 0.364. The van der Waals surface area contributed by atoms with Crippen LogP contribution >= 0.6 is 0 Å². The van der Waals surface area contributed by atoms with E-state index in [9.17, 15) is 9.59 Å². The lowest BCUT2D eigenvalue weighted by molar-refractivity contribution is 0.0932. The number of rotatable bonds is 4. The van der Waals surface area contributed by atoms with Gasteiger partial charge in [0.15, 0.2) is 0 Å². The molecule has 0 bridgehead atoms. The fourth-order valence-corrected chi connectivity index (χ4v) is 3.39. The molecular weight excluding hydrogens is 324 g/mol. The van der Waals surface area contributed by atoms with Crippen molar-refractivity contribution in [3.05, 3.63) is 65.2 Å². The molecule has 0 spiro atoms. The summed E-state index contributed by atoms with van der Waals surface area (Å²) in [6.45, 7) is 1.98. The first-order chi connectivity index (χ1) is 12.6. The van der Waals surface area contributed by atoms with E-state index in [0.717, 1.165) is 24.1 Å². The lowest BCUT2D eigenvalue weighted by atomic mass is 10.1. The third-order valence-electron chi connectivity index (χ3n) is 4.88. The molecule has 0 aromatic heterocycles. The van der Waals surface area contributed by atoms with Crippen LogP contribution in [0.5, 0.6) is 0 Å². The Morgan fingerprint density at radius 2 is 1.46 bits per heavy atom. The minimum Gasteiger partial charge on any atom is -0.349 e. The largest absolute Gasteiger partial charge is 0.349 e. The molecule has 1 aliphatic rings. The highest BCUT2D eigenvalue weighted by Crippen LogP contribution is 2.18. The zero-order chi connectivity index (χ0) is 18.4. The zero-order valence-electron chi connectivity index (χ0n) is 15.3. The molecule has 1 saturated carbocycles. The third-order valence-corrected chi connectivity index (χ3v) is 4.88. The zero-order valence-corrected chi connectivity index (χ0v) is 15.3. The lowest BCUT2D eigenvalue weighted by Crippen LogP contribution is -2.34. The third kappa shape index (κ3) is 4.94. The van der Waals surface area contributed by atoms with Crippen molar-refractivity contribution in [3.8, 4) is 0 Å². The standard InChI is InChI=1S/C22H26N2O2/c1-16-7-6-10-20(15-16)24-22(26)18-13-11-17(12-14-18)21(25)23-19-8-4-2-3-5-9-19/h6-7,10-15,19H,2-5,8-9H2,1H3,(H,23,25)(H,24,26). The summed E-state index contributed by atoms with van der Waals surface area (Å²) in [6, 6.07) is 14.8. The molecule has 0 atom stereocenters. The number of hydrogen-bond acceptors (Lipinski definition) is 2.